The van der Waals surface area contributed by atoms with Crippen LogP contribution in [0.2, 0.25) is 0 Å². The van der Waals surface area contributed by atoms with Crippen LogP contribution >= 0.6 is 19.4 Å². The highest BCUT2D eigenvalue weighted by atomic mass is 32.2. The predicted molar refractivity (Wildman–Crippen MR) is 116 cm³/mol. The summed E-state index contributed by atoms with van der Waals surface area (Å²) in [6, 6.07) is 7.57. The Balaban J connectivity index is 1.62. The first-order valence-corrected chi connectivity index (χ1v) is 12.3. The molecule has 4 N–H and O–H groups in total. The summed E-state index contributed by atoms with van der Waals surface area (Å²) in [6.07, 6.45) is 2.61. The molecule has 166 valence electrons. The molecule has 0 amide bonds. The van der Waals surface area contributed by atoms with Crippen molar-refractivity contribution in [1.29, 1.82) is 0 Å². The van der Waals surface area contributed by atoms with Gasteiger partial charge in [-0.3, -0.25) is 4.57 Å². The lowest BCUT2D eigenvalue weighted by Crippen LogP contribution is -2.25. The molecule has 1 saturated carbocycles. The number of hydrogen-bond donors (Lipinski definition) is 3. The zero-order valence-electron chi connectivity index (χ0n) is 17.1. The summed E-state index contributed by atoms with van der Waals surface area (Å²) in [6.45, 7) is 2.41. The van der Waals surface area contributed by atoms with Gasteiger partial charge in [0.1, 0.15) is 22.6 Å². The first-order chi connectivity index (χ1) is 14.7. The topological polar surface area (TPSA) is 146 Å². The molecule has 1 aromatic carbocycles. The smallest absolute Gasteiger partial charge is 0.351 e. The molecular weight excluding hydrogens is 441 g/mol. The Kier molecular flexibility index (Phi) is 5.97. The van der Waals surface area contributed by atoms with Gasteiger partial charge in [0.15, 0.2) is 5.65 Å². The van der Waals surface area contributed by atoms with Crippen LogP contribution in [0.5, 0.6) is 5.75 Å². The van der Waals surface area contributed by atoms with Crippen LogP contribution in [0, 0.1) is 5.92 Å². The number of rotatable bonds is 9. The predicted octanol–water partition coefficient (Wildman–Crippen LogP) is 2.89. The monoisotopic (exact) mass is 465 g/mol. The van der Waals surface area contributed by atoms with E-state index < -0.39 is 19.5 Å². The summed E-state index contributed by atoms with van der Waals surface area (Å²) in [5.74, 6) is 1.10. The van der Waals surface area contributed by atoms with E-state index >= 15 is 0 Å². The van der Waals surface area contributed by atoms with Crippen LogP contribution in [0.4, 0.5) is 5.95 Å². The van der Waals surface area contributed by atoms with Crippen molar-refractivity contribution in [1.82, 2.24) is 19.5 Å². The van der Waals surface area contributed by atoms with Gasteiger partial charge in [0.05, 0.1) is 25.6 Å². The van der Waals surface area contributed by atoms with Crippen molar-refractivity contribution < 1.29 is 23.8 Å². The maximum absolute atomic E-state index is 11.3. The Morgan fingerprint density at radius 2 is 2.06 bits per heavy atom. The van der Waals surface area contributed by atoms with E-state index in [-0.39, 0.29) is 11.9 Å². The molecule has 2 atom stereocenters. The van der Waals surface area contributed by atoms with Gasteiger partial charge in [-0.25, -0.2) is 9.97 Å². The largest absolute Gasteiger partial charge is 0.497 e. The van der Waals surface area contributed by atoms with Gasteiger partial charge < -0.3 is 29.6 Å². The second-order valence-corrected chi connectivity index (χ2v) is 10.2. The number of aromatic nitrogens is 4. The summed E-state index contributed by atoms with van der Waals surface area (Å²) in [4.78, 5) is 32.6. The minimum atomic E-state index is -4.26. The molecule has 4 rings (SSSR count). The quantitative estimate of drug-likeness (QED) is 0.318. The third-order valence-electron chi connectivity index (χ3n) is 5.35. The van der Waals surface area contributed by atoms with Gasteiger partial charge in [-0.1, -0.05) is 25.1 Å². The summed E-state index contributed by atoms with van der Waals surface area (Å²) < 4.78 is 24.0. The van der Waals surface area contributed by atoms with Crippen LogP contribution in [0.15, 0.2) is 40.5 Å². The highest BCUT2D eigenvalue weighted by Crippen LogP contribution is 2.52. The maximum Gasteiger partial charge on any atom is 0.351 e. The molecule has 0 bridgehead atoms. The molecule has 0 radical (unpaired) electrons. The average molecular weight is 465 g/mol. The zero-order chi connectivity index (χ0) is 22.2. The second-order valence-electron chi connectivity index (χ2n) is 7.52. The van der Waals surface area contributed by atoms with Crippen LogP contribution in [-0.4, -0.2) is 48.4 Å². The van der Waals surface area contributed by atoms with E-state index in [1.54, 1.807) is 13.4 Å². The highest BCUT2D eigenvalue weighted by molar-refractivity contribution is 7.99. The first kappa shape index (κ1) is 22.0. The third-order valence-corrected chi connectivity index (χ3v) is 6.80. The number of nitrogens with zero attached hydrogens (tertiary/aromatic N) is 4. The van der Waals surface area contributed by atoms with Crippen LogP contribution in [0.3, 0.4) is 0 Å². The number of methoxy groups -OCH3 is 1. The fraction of sp³-hybridized carbons (Fsp3) is 0.421. The fourth-order valence-corrected chi connectivity index (χ4v) is 4.97. The molecule has 0 spiro atoms. The number of nitrogen functional groups attached to an aromatic ring is 1. The second kappa shape index (κ2) is 8.40. The fourth-order valence-electron chi connectivity index (χ4n) is 3.67. The van der Waals surface area contributed by atoms with E-state index in [4.69, 9.17) is 15.2 Å². The van der Waals surface area contributed by atoms with Crippen LogP contribution in [0.1, 0.15) is 19.8 Å². The molecular formula is C19H24N5O5PS. The van der Waals surface area contributed by atoms with Gasteiger partial charge in [0, 0.05) is 4.90 Å². The molecule has 2 aromatic heterocycles. The molecule has 31 heavy (non-hydrogen) atoms. The number of benzene rings is 1. The van der Waals surface area contributed by atoms with Gasteiger partial charge in [-0.2, -0.15) is 4.98 Å². The maximum atomic E-state index is 11.3. The Hall–Kier alpha value is -2.17. The molecule has 10 nitrogen and oxygen atoms in total. The van der Waals surface area contributed by atoms with Crippen LogP contribution in [-0.2, 0) is 15.8 Å². The minimum Gasteiger partial charge on any atom is -0.497 e. The van der Waals surface area contributed by atoms with Gasteiger partial charge >= 0.3 is 7.60 Å². The molecule has 0 saturated heterocycles. The van der Waals surface area contributed by atoms with Crippen molar-refractivity contribution >= 4 is 36.5 Å². The van der Waals surface area contributed by atoms with E-state index in [0.29, 0.717) is 22.7 Å². The Morgan fingerprint density at radius 1 is 1.32 bits per heavy atom. The van der Waals surface area contributed by atoms with Crippen molar-refractivity contribution in [3.05, 3.63) is 30.6 Å². The third kappa shape index (κ3) is 4.86. The molecule has 1 fully saturated rings. The Bertz CT molecular complexity index is 1130. The average Bonchev–Trinajstić information content (AvgIpc) is 3.29. The van der Waals surface area contributed by atoms with Gasteiger partial charge in [0.2, 0.25) is 5.95 Å². The zero-order valence-corrected chi connectivity index (χ0v) is 18.8. The Morgan fingerprint density at radius 3 is 2.68 bits per heavy atom. The van der Waals surface area contributed by atoms with Crippen LogP contribution in [0.25, 0.3) is 11.2 Å². The van der Waals surface area contributed by atoms with E-state index in [0.717, 1.165) is 23.5 Å². The van der Waals surface area contributed by atoms with Crippen molar-refractivity contribution in [3.63, 3.8) is 0 Å². The van der Waals surface area contributed by atoms with Gasteiger partial charge in [0.25, 0.3) is 0 Å². The van der Waals surface area contributed by atoms with Gasteiger partial charge in [-0.05, 0) is 36.6 Å². The highest BCUT2D eigenvalue weighted by Gasteiger charge is 2.55. The summed E-state index contributed by atoms with van der Waals surface area (Å²) in [7, 11) is -2.65. The SMILES string of the molecule is CC[C@H]1C[C@]1(Cn1cnc2c(Sc3ccc(OC)cc3)nc(N)nc21)OCP(=O)(O)O. The normalized spacial score (nSPS) is 20.8. The minimum absolute atomic E-state index is 0.123. The molecule has 2 heterocycles. The van der Waals surface area contributed by atoms with Crippen molar-refractivity contribution in [2.24, 2.45) is 5.92 Å². The standard InChI is InChI=1S/C19H24N5O5PS/c1-3-12-8-19(12,29-11-30(25,26)27)9-24-10-21-15-16(24)22-18(20)23-17(15)31-14-6-4-13(28-2)5-7-14/h4-7,10,12H,3,8-9,11H2,1-2H3,(H2,20,22,23)(H2,25,26,27)/t12-,19+/m0/s1. The van der Waals surface area contributed by atoms with Gasteiger partial charge in [-0.15, -0.1) is 0 Å². The number of hydrogen-bond acceptors (Lipinski definition) is 8. The number of imidazole rings is 1. The first-order valence-electron chi connectivity index (χ1n) is 9.72. The van der Waals surface area contributed by atoms with E-state index in [9.17, 15) is 14.4 Å². The lowest BCUT2D eigenvalue weighted by Gasteiger charge is -2.20. The molecule has 1 aliphatic carbocycles. The van der Waals surface area contributed by atoms with Crippen molar-refractivity contribution in [2.75, 3.05) is 19.2 Å². The number of nitrogens with two attached hydrogens (primary N) is 1. The molecule has 0 aliphatic heterocycles. The molecule has 3 aromatic rings. The van der Waals surface area contributed by atoms with E-state index in [2.05, 4.69) is 15.0 Å². The molecule has 0 unspecified atom stereocenters. The number of ether oxygens (including phenoxy) is 2. The summed E-state index contributed by atoms with van der Waals surface area (Å²) in [5, 5.41) is 0.624. The lowest BCUT2D eigenvalue weighted by atomic mass is 10.2. The van der Waals surface area contributed by atoms with Crippen LogP contribution < -0.4 is 10.5 Å². The van der Waals surface area contributed by atoms with Crippen molar-refractivity contribution in [2.45, 2.75) is 41.8 Å². The van der Waals surface area contributed by atoms with Crippen molar-refractivity contribution in [3.8, 4) is 5.75 Å². The molecule has 1 aliphatic rings. The Labute approximate surface area is 183 Å². The lowest BCUT2D eigenvalue weighted by molar-refractivity contribution is 0.0281. The number of anilines is 1. The van der Waals surface area contributed by atoms with E-state index in [1.807, 2.05) is 35.8 Å². The molecule has 12 heteroatoms. The summed E-state index contributed by atoms with van der Waals surface area (Å²) in [5.41, 5.74) is 6.49. The summed E-state index contributed by atoms with van der Waals surface area (Å²) >= 11 is 1.42. The van der Waals surface area contributed by atoms with E-state index in [1.165, 1.54) is 11.8 Å². The number of fused-ring (bicyclic) bond motifs is 1.